The summed E-state index contributed by atoms with van der Waals surface area (Å²) in [6.07, 6.45) is 17.5. The van der Waals surface area contributed by atoms with Crippen LogP contribution in [0.25, 0.3) is 0 Å². The largest absolute Gasteiger partial charge is 0.350 e. The third-order valence-electron chi connectivity index (χ3n) is 2.83. The first-order valence-electron chi connectivity index (χ1n) is 6.95. The molecule has 1 aliphatic rings. The molecule has 0 unspecified atom stereocenters. The molecule has 0 aromatic carbocycles. The number of unbranched alkanes of at least 4 members (excludes halogenated alkanes) is 4. The van der Waals surface area contributed by atoms with E-state index in [4.69, 9.17) is 0 Å². The Balaban J connectivity index is 1.91. The van der Waals surface area contributed by atoms with E-state index >= 15 is 0 Å². The first-order chi connectivity index (χ1) is 8.33. The average molecular weight is 235 g/mol. The summed E-state index contributed by atoms with van der Waals surface area (Å²) >= 11 is 0. The molecule has 1 N–H and O–H groups in total. The number of hydrogen-bond acceptors (Lipinski definition) is 1. The van der Waals surface area contributed by atoms with Gasteiger partial charge < -0.3 is 5.32 Å². The molecule has 0 atom stereocenters. The Hall–Kier alpha value is -1.05. The highest BCUT2D eigenvalue weighted by atomic mass is 16.1. The summed E-state index contributed by atoms with van der Waals surface area (Å²) in [5.74, 6) is 0.0689. The van der Waals surface area contributed by atoms with Crippen LogP contribution < -0.4 is 5.32 Å². The Morgan fingerprint density at radius 1 is 1.12 bits per heavy atom. The first kappa shape index (κ1) is 14.0. The molecule has 1 fully saturated rings. The van der Waals surface area contributed by atoms with Crippen LogP contribution in [0.2, 0.25) is 0 Å². The van der Waals surface area contributed by atoms with Crippen LogP contribution in [0.1, 0.15) is 58.3 Å². The zero-order chi connectivity index (χ0) is 12.3. The van der Waals surface area contributed by atoms with Crippen molar-refractivity contribution in [3.8, 4) is 0 Å². The fourth-order valence-corrected chi connectivity index (χ4v) is 1.61. The molecule has 1 rings (SSSR count). The summed E-state index contributed by atoms with van der Waals surface area (Å²) < 4.78 is 0. The van der Waals surface area contributed by atoms with Crippen LogP contribution in [-0.2, 0) is 4.79 Å². The molecule has 0 radical (unpaired) electrons. The number of amides is 1. The number of rotatable bonds is 9. The second-order valence-corrected chi connectivity index (χ2v) is 4.73. The summed E-state index contributed by atoms with van der Waals surface area (Å²) in [6.45, 7) is 2.22. The van der Waals surface area contributed by atoms with Gasteiger partial charge in [0.15, 0.2) is 0 Å². The van der Waals surface area contributed by atoms with Crippen molar-refractivity contribution in [2.75, 3.05) is 0 Å². The molecule has 1 saturated carbocycles. The molecule has 0 bridgehead atoms. The smallest absolute Gasteiger partial charge is 0.243 e. The Bertz CT molecular complexity index is 264. The molecule has 0 saturated heterocycles. The van der Waals surface area contributed by atoms with Gasteiger partial charge in [0.2, 0.25) is 5.91 Å². The van der Waals surface area contributed by atoms with Crippen LogP contribution in [-0.4, -0.2) is 11.9 Å². The second-order valence-electron chi connectivity index (χ2n) is 4.73. The van der Waals surface area contributed by atoms with Gasteiger partial charge in [0.05, 0.1) is 0 Å². The highest BCUT2D eigenvalue weighted by Crippen LogP contribution is 2.18. The average Bonchev–Trinajstić information content (AvgIpc) is 3.11. The number of hydrogen-bond donors (Lipinski definition) is 1. The molecular formula is C15H25NO. The summed E-state index contributed by atoms with van der Waals surface area (Å²) in [5, 5.41) is 2.94. The van der Waals surface area contributed by atoms with Gasteiger partial charge in [-0.05, 0) is 44.6 Å². The lowest BCUT2D eigenvalue weighted by atomic mass is 10.2. The van der Waals surface area contributed by atoms with E-state index in [-0.39, 0.29) is 5.91 Å². The van der Waals surface area contributed by atoms with Gasteiger partial charge in [-0.2, -0.15) is 0 Å². The van der Waals surface area contributed by atoms with Gasteiger partial charge in [-0.1, -0.05) is 38.0 Å². The fourth-order valence-electron chi connectivity index (χ4n) is 1.61. The molecule has 0 aliphatic heterocycles. The minimum atomic E-state index is 0.0689. The Morgan fingerprint density at radius 2 is 1.82 bits per heavy atom. The molecule has 17 heavy (non-hydrogen) atoms. The predicted molar refractivity (Wildman–Crippen MR) is 72.8 cm³/mol. The summed E-state index contributed by atoms with van der Waals surface area (Å²) in [5.41, 5.74) is 0. The Labute approximate surface area is 105 Å². The number of carbonyl (C=O) groups is 1. The molecule has 0 heterocycles. The Kier molecular flexibility index (Phi) is 7.44. The summed E-state index contributed by atoms with van der Waals surface area (Å²) in [6, 6.07) is 0.464. The number of allylic oxidation sites excluding steroid dienone is 3. The van der Waals surface area contributed by atoms with Gasteiger partial charge in [-0.25, -0.2) is 0 Å². The molecule has 0 spiro atoms. The van der Waals surface area contributed by atoms with Crippen LogP contribution in [0.3, 0.4) is 0 Å². The third-order valence-corrected chi connectivity index (χ3v) is 2.83. The highest BCUT2D eigenvalue weighted by molar-refractivity contribution is 5.87. The van der Waals surface area contributed by atoms with Gasteiger partial charge in [0, 0.05) is 6.04 Å². The van der Waals surface area contributed by atoms with Crippen LogP contribution in [0, 0.1) is 0 Å². The van der Waals surface area contributed by atoms with E-state index in [9.17, 15) is 4.79 Å². The minimum absolute atomic E-state index is 0.0689. The van der Waals surface area contributed by atoms with E-state index in [1.54, 1.807) is 6.08 Å². The van der Waals surface area contributed by atoms with Crippen molar-refractivity contribution >= 4 is 5.91 Å². The molecule has 1 aliphatic carbocycles. The van der Waals surface area contributed by atoms with Crippen molar-refractivity contribution in [2.24, 2.45) is 0 Å². The zero-order valence-corrected chi connectivity index (χ0v) is 11.0. The SMILES string of the molecule is CCCCC/C=C/CC/C=C/C(=O)NC1CC1. The molecular weight excluding hydrogens is 210 g/mol. The van der Waals surface area contributed by atoms with Crippen LogP contribution in [0.4, 0.5) is 0 Å². The lowest BCUT2D eigenvalue weighted by Crippen LogP contribution is -2.22. The fraction of sp³-hybridized carbons (Fsp3) is 0.667. The topological polar surface area (TPSA) is 29.1 Å². The standard InChI is InChI=1S/C15H25NO/c1-2-3-4-5-6-7-8-9-10-11-15(17)16-14-12-13-14/h6-7,10-11,14H,2-5,8-9,12-13H2,1H3,(H,16,17)/b7-6+,11-10+. The van der Waals surface area contributed by atoms with Crippen molar-refractivity contribution in [1.82, 2.24) is 5.32 Å². The van der Waals surface area contributed by atoms with Crippen LogP contribution in [0.15, 0.2) is 24.3 Å². The van der Waals surface area contributed by atoms with E-state index < -0.39 is 0 Å². The first-order valence-corrected chi connectivity index (χ1v) is 6.95. The maximum Gasteiger partial charge on any atom is 0.243 e. The van der Waals surface area contributed by atoms with Crippen molar-refractivity contribution in [3.05, 3.63) is 24.3 Å². The lowest BCUT2D eigenvalue weighted by Gasteiger charge is -1.95. The van der Waals surface area contributed by atoms with Crippen molar-refractivity contribution < 1.29 is 4.79 Å². The van der Waals surface area contributed by atoms with Gasteiger partial charge >= 0.3 is 0 Å². The van der Waals surface area contributed by atoms with E-state index in [0.29, 0.717) is 6.04 Å². The summed E-state index contributed by atoms with van der Waals surface area (Å²) in [7, 11) is 0. The third kappa shape index (κ3) is 8.73. The number of carbonyl (C=O) groups excluding carboxylic acids is 1. The van der Waals surface area contributed by atoms with E-state index in [1.807, 2.05) is 6.08 Å². The quantitative estimate of drug-likeness (QED) is 0.368. The monoisotopic (exact) mass is 235 g/mol. The molecule has 0 aromatic rings. The van der Waals surface area contributed by atoms with Crippen LogP contribution >= 0.6 is 0 Å². The second kappa shape index (κ2) is 9.03. The van der Waals surface area contributed by atoms with Gasteiger partial charge in [0.25, 0.3) is 0 Å². The lowest BCUT2D eigenvalue weighted by molar-refractivity contribution is -0.116. The maximum absolute atomic E-state index is 11.3. The molecule has 2 nitrogen and oxygen atoms in total. The highest BCUT2D eigenvalue weighted by Gasteiger charge is 2.21. The van der Waals surface area contributed by atoms with Gasteiger partial charge in [-0.15, -0.1) is 0 Å². The minimum Gasteiger partial charge on any atom is -0.350 e. The maximum atomic E-state index is 11.3. The molecule has 96 valence electrons. The van der Waals surface area contributed by atoms with Crippen molar-refractivity contribution in [1.29, 1.82) is 0 Å². The Morgan fingerprint density at radius 3 is 2.53 bits per heavy atom. The van der Waals surface area contributed by atoms with Crippen molar-refractivity contribution in [2.45, 2.75) is 64.3 Å². The van der Waals surface area contributed by atoms with Gasteiger partial charge in [-0.3, -0.25) is 4.79 Å². The van der Waals surface area contributed by atoms with E-state index in [1.165, 1.54) is 25.7 Å². The van der Waals surface area contributed by atoms with E-state index in [2.05, 4.69) is 24.4 Å². The zero-order valence-electron chi connectivity index (χ0n) is 11.0. The molecule has 1 amide bonds. The summed E-state index contributed by atoms with van der Waals surface area (Å²) in [4.78, 5) is 11.3. The van der Waals surface area contributed by atoms with Crippen molar-refractivity contribution in [3.63, 3.8) is 0 Å². The predicted octanol–water partition coefficient (Wildman–Crippen LogP) is 3.74. The van der Waals surface area contributed by atoms with Crippen LogP contribution in [0.5, 0.6) is 0 Å². The number of nitrogens with one attached hydrogen (secondary N) is 1. The molecule has 2 heteroatoms. The molecule has 0 aromatic heterocycles. The normalized spacial score (nSPS) is 15.8. The van der Waals surface area contributed by atoms with Gasteiger partial charge in [0.1, 0.15) is 0 Å². The van der Waals surface area contributed by atoms with E-state index in [0.717, 1.165) is 25.7 Å².